The Hall–Kier alpha value is -2.62. The van der Waals surface area contributed by atoms with Gasteiger partial charge >= 0.3 is 11.9 Å². The van der Waals surface area contributed by atoms with Crippen LogP contribution in [0.1, 0.15) is 58.1 Å². The average molecular weight is 409 g/mol. The summed E-state index contributed by atoms with van der Waals surface area (Å²) in [4.78, 5) is 22.6. The Morgan fingerprint density at radius 1 is 0.633 bits per heavy atom. The van der Waals surface area contributed by atoms with E-state index in [4.69, 9.17) is 9.47 Å². The highest BCUT2D eigenvalue weighted by Crippen LogP contribution is 2.49. The van der Waals surface area contributed by atoms with Gasteiger partial charge in [-0.3, -0.25) is 9.59 Å². The van der Waals surface area contributed by atoms with Crippen molar-refractivity contribution in [2.24, 2.45) is 11.8 Å². The van der Waals surface area contributed by atoms with Gasteiger partial charge in [-0.15, -0.1) is 0 Å². The summed E-state index contributed by atoms with van der Waals surface area (Å²) in [7, 11) is 2.92. The third-order valence-electron chi connectivity index (χ3n) is 5.93. The number of benzene rings is 2. The Labute approximate surface area is 179 Å². The molecule has 0 radical (unpaired) electrons. The number of aryl methyl sites for hydroxylation is 4. The van der Waals surface area contributed by atoms with Gasteiger partial charge < -0.3 is 9.47 Å². The number of rotatable bonds is 4. The largest absolute Gasteiger partial charge is 0.469 e. The van der Waals surface area contributed by atoms with Crippen LogP contribution >= 0.6 is 0 Å². The molecule has 4 heteroatoms. The van der Waals surface area contributed by atoms with Crippen LogP contribution in [-0.4, -0.2) is 26.2 Å². The van der Waals surface area contributed by atoms with Crippen molar-refractivity contribution in [3.63, 3.8) is 0 Å². The number of hydrogen-bond donors (Lipinski definition) is 0. The van der Waals surface area contributed by atoms with E-state index in [-0.39, 0.29) is 23.8 Å². The normalized spacial score (nSPS) is 23.7. The third kappa shape index (κ3) is 5.29. The van der Waals surface area contributed by atoms with Crippen molar-refractivity contribution in [1.82, 2.24) is 0 Å². The molecule has 4 atom stereocenters. The molecule has 0 saturated heterocycles. The van der Waals surface area contributed by atoms with Gasteiger partial charge in [0.05, 0.1) is 26.1 Å². The van der Waals surface area contributed by atoms with E-state index in [9.17, 15) is 9.59 Å². The lowest BCUT2D eigenvalue weighted by molar-refractivity contribution is -0.143. The molecule has 2 aromatic rings. The highest BCUT2D eigenvalue weighted by Gasteiger charge is 2.45. The first-order valence-electron chi connectivity index (χ1n) is 10.6. The number of esters is 2. The van der Waals surface area contributed by atoms with Crippen molar-refractivity contribution in [1.29, 1.82) is 0 Å². The molecule has 4 nitrogen and oxygen atoms in total. The van der Waals surface area contributed by atoms with E-state index < -0.39 is 0 Å². The topological polar surface area (TPSA) is 52.6 Å². The van der Waals surface area contributed by atoms with Crippen molar-refractivity contribution in [2.75, 3.05) is 14.2 Å². The Balaban J connectivity index is 0.000000171. The van der Waals surface area contributed by atoms with Gasteiger partial charge in [-0.05, 0) is 63.5 Å². The Morgan fingerprint density at radius 3 is 1.20 bits per heavy atom. The van der Waals surface area contributed by atoms with Crippen molar-refractivity contribution in [3.8, 4) is 0 Å². The molecular formula is C26H32O4. The van der Waals surface area contributed by atoms with Gasteiger partial charge in [-0.1, -0.05) is 58.7 Å². The Kier molecular flexibility index (Phi) is 6.64. The molecule has 0 aliphatic heterocycles. The zero-order chi connectivity index (χ0) is 22.0. The number of ether oxygens (including phenoxy) is 2. The lowest BCUT2D eigenvalue weighted by Crippen LogP contribution is -2.04. The molecule has 0 aromatic heterocycles. The summed E-state index contributed by atoms with van der Waals surface area (Å²) in [5.74, 6) is 0.817. The van der Waals surface area contributed by atoms with Crippen LogP contribution in [0.2, 0.25) is 0 Å². The average Bonchev–Trinajstić information content (AvgIpc) is 3.59. The van der Waals surface area contributed by atoms with E-state index in [2.05, 4.69) is 64.1 Å². The van der Waals surface area contributed by atoms with Crippen LogP contribution in [0, 0.1) is 39.5 Å². The van der Waals surface area contributed by atoms with Crippen LogP contribution in [0.4, 0.5) is 0 Å². The highest BCUT2D eigenvalue weighted by molar-refractivity contribution is 5.77. The minimum absolute atomic E-state index is 0.0702. The molecule has 0 heterocycles. The molecule has 2 aromatic carbocycles. The van der Waals surface area contributed by atoms with Gasteiger partial charge in [-0.25, -0.2) is 0 Å². The fourth-order valence-corrected chi connectivity index (χ4v) is 4.40. The Morgan fingerprint density at radius 2 is 0.933 bits per heavy atom. The maximum absolute atomic E-state index is 11.3. The summed E-state index contributed by atoms with van der Waals surface area (Å²) >= 11 is 0. The maximum Gasteiger partial charge on any atom is 0.309 e. The summed E-state index contributed by atoms with van der Waals surface area (Å²) in [5, 5.41) is 0. The van der Waals surface area contributed by atoms with E-state index in [1.807, 2.05) is 0 Å². The standard InChI is InChI=1S/2C13H16O2/c2*1-8-4-9(2)6-10(5-8)11-7-12(11)13(14)15-3/h2*4-6,11-12H,7H2,1-3H3. The van der Waals surface area contributed by atoms with Crippen LogP contribution in [0.3, 0.4) is 0 Å². The highest BCUT2D eigenvalue weighted by atomic mass is 16.5. The summed E-state index contributed by atoms with van der Waals surface area (Å²) in [6.07, 6.45) is 1.88. The fraction of sp³-hybridized carbons (Fsp3) is 0.462. The first kappa shape index (κ1) is 22.1. The number of hydrogen-bond acceptors (Lipinski definition) is 4. The molecular weight excluding hydrogens is 376 g/mol. The van der Waals surface area contributed by atoms with Crippen LogP contribution in [0.15, 0.2) is 36.4 Å². The molecule has 0 amide bonds. The molecule has 4 unspecified atom stereocenters. The Bertz CT molecular complexity index is 828. The predicted molar refractivity (Wildman–Crippen MR) is 118 cm³/mol. The molecule has 30 heavy (non-hydrogen) atoms. The van der Waals surface area contributed by atoms with Gasteiger partial charge in [0.2, 0.25) is 0 Å². The summed E-state index contributed by atoms with van der Waals surface area (Å²) in [5.41, 5.74) is 7.62. The molecule has 0 spiro atoms. The van der Waals surface area contributed by atoms with E-state index in [0.29, 0.717) is 11.8 Å². The second-order valence-electron chi connectivity index (χ2n) is 8.79. The van der Waals surface area contributed by atoms with Crippen molar-refractivity contribution < 1.29 is 19.1 Å². The van der Waals surface area contributed by atoms with Gasteiger partial charge in [0, 0.05) is 0 Å². The van der Waals surface area contributed by atoms with E-state index in [1.54, 1.807) is 0 Å². The van der Waals surface area contributed by atoms with E-state index >= 15 is 0 Å². The second-order valence-corrected chi connectivity index (χ2v) is 8.79. The minimum atomic E-state index is -0.0702. The van der Waals surface area contributed by atoms with Gasteiger partial charge in [-0.2, -0.15) is 0 Å². The SMILES string of the molecule is COC(=O)C1CC1c1cc(C)cc(C)c1.COC(=O)C1CC1c1cc(C)cc(C)c1. The third-order valence-corrected chi connectivity index (χ3v) is 5.93. The lowest BCUT2D eigenvalue weighted by Gasteiger charge is -2.03. The summed E-state index contributed by atoms with van der Waals surface area (Å²) in [6, 6.07) is 13.0. The smallest absolute Gasteiger partial charge is 0.309 e. The molecule has 0 N–H and O–H groups in total. The van der Waals surface area contributed by atoms with Crippen LogP contribution in [-0.2, 0) is 19.1 Å². The second kappa shape index (κ2) is 9.03. The molecule has 0 bridgehead atoms. The van der Waals surface area contributed by atoms with Crippen LogP contribution in [0.5, 0.6) is 0 Å². The van der Waals surface area contributed by atoms with Crippen molar-refractivity contribution >= 4 is 11.9 Å². The monoisotopic (exact) mass is 408 g/mol. The van der Waals surface area contributed by atoms with Gasteiger partial charge in [0.1, 0.15) is 0 Å². The van der Waals surface area contributed by atoms with Gasteiger partial charge in [0.15, 0.2) is 0 Å². The quantitative estimate of drug-likeness (QED) is 0.656. The minimum Gasteiger partial charge on any atom is -0.469 e. The molecule has 2 saturated carbocycles. The summed E-state index contributed by atoms with van der Waals surface area (Å²) in [6.45, 7) is 8.36. The molecule has 160 valence electrons. The van der Waals surface area contributed by atoms with Crippen LogP contribution < -0.4 is 0 Å². The van der Waals surface area contributed by atoms with Gasteiger partial charge in [0.25, 0.3) is 0 Å². The van der Waals surface area contributed by atoms with Crippen molar-refractivity contribution in [2.45, 2.75) is 52.4 Å². The first-order chi connectivity index (χ1) is 14.2. The van der Waals surface area contributed by atoms with E-state index in [0.717, 1.165) is 12.8 Å². The first-order valence-corrected chi connectivity index (χ1v) is 10.6. The number of carbonyl (C=O) groups is 2. The lowest BCUT2D eigenvalue weighted by atomic mass is 10.0. The van der Waals surface area contributed by atoms with E-state index in [1.165, 1.54) is 47.6 Å². The fourth-order valence-electron chi connectivity index (χ4n) is 4.40. The number of methoxy groups -OCH3 is 2. The molecule has 4 rings (SSSR count). The van der Waals surface area contributed by atoms with Crippen molar-refractivity contribution in [3.05, 3.63) is 69.8 Å². The number of carbonyl (C=O) groups excluding carboxylic acids is 2. The predicted octanol–water partition coefficient (Wildman–Crippen LogP) is 5.16. The zero-order valence-electron chi connectivity index (χ0n) is 18.8. The zero-order valence-corrected chi connectivity index (χ0v) is 18.8. The molecule has 2 aliphatic carbocycles. The molecule has 2 aliphatic rings. The summed E-state index contributed by atoms with van der Waals surface area (Å²) < 4.78 is 9.49. The maximum atomic E-state index is 11.3. The van der Waals surface area contributed by atoms with Crippen LogP contribution in [0.25, 0.3) is 0 Å². The molecule has 2 fully saturated rings.